The molecular formula is C16H16N2O2. The highest BCUT2D eigenvalue weighted by atomic mass is 16.5. The van der Waals surface area contributed by atoms with E-state index in [9.17, 15) is 4.79 Å². The van der Waals surface area contributed by atoms with E-state index >= 15 is 0 Å². The van der Waals surface area contributed by atoms with Crippen molar-refractivity contribution in [2.45, 2.75) is 6.54 Å². The van der Waals surface area contributed by atoms with Gasteiger partial charge in [-0.05, 0) is 17.7 Å². The molecule has 102 valence electrons. The molecular weight excluding hydrogens is 252 g/mol. The first kappa shape index (κ1) is 12.5. The number of carbonyl (C=O) groups excluding carboxylic acids is 1. The van der Waals surface area contributed by atoms with Crippen LogP contribution in [0.5, 0.6) is 5.75 Å². The number of hydrogen-bond donors (Lipinski definition) is 1. The number of ether oxygens (including phenoxy) is 1. The molecule has 1 N–H and O–H groups in total. The molecule has 1 aliphatic heterocycles. The lowest BCUT2D eigenvalue weighted by atomic mass is 10.2. The lowest BCUT2D eigenvalue weighted by Crippen LogP contribution is -2.35. The summed E-state index contributed by atoms with van der Waals surface area (Å²) in [5.41, 5.74) is 3.01. The summed E-state index contributed by atoms with van der Waals surface area (Å²) in [6.07, 6.45) is 0. The van der Waals surface area contributed by atoms with E-state index in [2.05, 4.69) is 17.4 Å². The number of nitrogens with one attached hydrogen (secondary N) is 1. The SMILES string of the molecule is CN1C(=O)COc2cc(NCc3ccccc3)ccc21. The molecule has 0 saturated heterocycles. The molecule has 0 atom stereocenters. The summed E-state index contributed by atoms with van der Waals surface area (Å²) in [4.78, 5) is 13.2. The standard InChI is InChI=1S/C16H16N2O2/c1-18-14-8-7-13(9-15(14)20-11-16(18)19)17-10-12-5-3-2-4-6-12/h2-9,17H,10-11H2,1H3. The Morgan fingerprint density at radius 1 is 1.20 bits per heavy atom. The smallest absolute Gasteiger partial charge is 0.264 e. The van der Waals surface area contributed by atoms with Crippen molar-refractivity contribution in [3.8, 4) is 5.75 Å². The number of amides is 1. The van der Waals surface area contributed by atoms with Crippen molar-refractivity contribution in [1.82, 2.24) is 0 Å². The minimum Gasteiger partial charge on any atom is -0.481 e. The normalized spacial score (nSPS) is 13.7. The van der Waals surface area contributed by atoms with Gasteiger partial charge in [0.05, 0.1) is 5.69 Å². The Hall–Kier alpha value is -2.49. The number of rotatable bonds is 3. The lowest BCUT2D eigenvalue weighted by molar-refractivity contribution is -0.120. The van der Waals surface area contributed by atoms with Crippen molar-refractivity contribution >= 4 is 17.3 Å². The van der Waals surface area contributed by atoms with Crippen LogP contribution in [0, 0.1) is 0 Å². The number of benzene rings is 2. The van der Waals surface area contributed by atoms with Crippen LogP contribution in [-0.2, 0) is 11.3 Å². The van der Waals surface area contributed by atoms with Crippen molar-refractivity contribution in [1.29, 1.82) is 0 Å². The van der Waals surface area contributed by atoms with Gasteiger partial charge >= 0.3 is 0 Å². The second-order valence-corrected chi connectivity index (χ2v) is 4.76. The third-order valence-electron chi connectivity index (χ3n) is 3.39. The van der Waals surface area contributed by atoms with Gasteiger partial charge in [0.15, 0.2) is 6.61 Å². The summed E-state index contributed by atoms with van der Waals surface area (Å²) >= 11 is 0. The fourth-order valence-electron chi connectivity index (χ4n) is 2.19. The topological polar surface area (TPSA) is 41.6 Å². The maximum Gasteiger partial charge on any atom is 0.264 e. The van der Waals surface area contributed by atoms with Gasteiger partial charge in [0.1, 0.15) is 5.75 Å². The van der Waals surface area contributed by atoms with Gasteiger partial charge in [-0.2, -0.15) is 0 Å². The van der Waals surface area contributed by atoms with Crippen LogP contribution in [0.1, 0.15) is 5.56 Å². The van der Waals surface area contributed by atoms with Gasteiger partial charge in [-0.1, -0.05) is 30.3 Å². The van der Waals surface area contributed by atoms with Gasteiger partial charge in [-0.25, -0.2) is 0 Å². The maximum absolute atomic E-state index is 11.5. The number of nitrogens with zero attached hydrogens (tertiary/aromatic N) is 1. The second-order valence-electron chi connectivity index (χ2n) is 4.76. The van der Waals surface area contributed by atoms with E-state index in [1.807, 2.05) is 36.4 Å². The summed E-state index contributed by atoms with van der Waals surface area (Å²) in [6, 6.07) is 16.0. The van der Waals surface area contributed by atoms with E-state index in [4.69, 9.17) is 4.74 Å². The average Bonchev–Trinajstić information content (AvgIpc) is 2.50. The van der Waals surface area contributed by atoms with E-state index in [1.54, 1.807) is 11.9 Å². The molecule has 0 bridgehead atoms. The van der Waals surface area contributed by atoms with Gasteiger partial charge in [-0.15, -0.1) is 0 Å². The molecule has 3 rings (SSSR count). The Kier molecular flexibility index (Phi) is 3.29. The number of hydrogen-bond acceptors (Lipinski definition) is 3. The van der Waals surface area contributed by atoms with Gasteiger partial charge in [0, 0.05) is 25.3 Å². The molecule has 0 aromatic heterocycles. The zero-order valence-corrected chi connectivity index (χ0v) is 11.3. The highest BCUT2D eigenvalue weighted by Gasteiger charge is 2.21. The van der Waals surface area contributed by atoms with Crippen LogP contribution in [0.4, 0.5) is 11.4 Å². The second kappa shape index (κ2) is 5.25. The summed E-state index contributed by atoms with van der Waals surface area (Å²) in [5.74, 6) is 0.715. The minimum atomic E-state index is -0.0255. The van der Waals surface area contributed by atoms with E-state index in [0.717, 1.165) is 23.7 Å². The van der Waals surface area contributed by atoms with Crippen LogP contribution in [0.2, 0.25) is 0 Å². The summed E-state index contributed by atoms with van der Waals surface area (Å²) in [7, 11) is 1.76. The van der Waals surface area contributed by atoms with Crippen LogP contribution in [-0.4, -0.2) is 19.6 Å². The lowest BCUT2D eigenvalue weighted by Gasteiger charge is -2.26. The maximum atomic E-state index is 11.5. The van der Waals surface area contributed by atoms with Crippen LogP contribution in [0.3, 0.4) is 0 Å². The van der Waals surface area contributed by atoms with E-state index in [-0.39, 0.29) is 12.5 Å². The Morgan fingerprint density at radius 2 is 2.00 bits per heavy atom. The molecule has 0 fully saturated rings. The zero-order chi connectivity index (χ0) is 13.9. The Bertz CT molecular complexity index is 626. The van der Waals surface area contributed by atoms with E-state index < -0.39 is 0 Å². The molecule has 2 aromatic carbocycles. The molecule has 1 heterocycles. The fourth-order valence-corrected chi connectivity index (χ4v) is 2.19. The molecule has 4 heteroatoms. The summed E-state index contributed by atoms with van der Waals surface area (Å²) in [5, 5.41) is 3.35. The van der Waals surface area contributed by atoms with Gasteiger partial charge < -0.3 is 15.0 Å². The van der Waals surface area contributed by atoms with Crippen molar-refractivity contribution in [3.63, 3.8) is 0 Å². The Balaban J connectivity index is 1.75. The largest absolute Gasteiger partial charge is 0.481 e. The number of carbonyl (C=O) groups is 1. The summed E-state index contributed by atoms with van der Waals surface area (Å²) < 4.78 is 5.47. The van der Waals surface area contributed by atoms with Crippen LogP contribution in [0.15, 0.2) is 48.5 Å². The van der Waals surface area contributed by atoms with Crippen molar-refractivity contribution < 1.29 is 9.53 Å². The molecule has 0 aliphatic carbocycles. The monoisotopic (exact) mass is 268 g/mol. The predicted molar refractivity (Wildman–Crippen MR) is 79.1 cm³/mol. The highest BCUT2D eigenvalue weighted by molar-refractivity contribution is 5.97. The Labute approximate surface area is 118 Å². The number of fused-ring (bicyclic) bond motifs is 1. The third kappa shape index (κ3) is 2.45. The zero-order valence-electron chi connectivity index (χ0n) is 11.3. The molecule has 0 spiro atoms. The molecule has 2 aromatic rings. The minimum absolute atomic E-state index is 0.0255. The van der Waals surface area contributed by atoms with Crippen molar-refractivity contribution in [2.24, 2.45) is 0 Å². The molecule has 0 unspecified atom stereocenters. The van der Waals surface area contributed by atoms with Crippen LogP contribution < -0.4 is 15.0 Å². The molecule has 0 saturated carbocycles. The number of anilines is 2. The molecule has 4 nitrogen and oxygen atoms in total. The fraction of sp³-hybridized carbons (Fsp3) is 0.188. The Morgan fingerprint density at radius 3 is 2.80 bits per heavy atom. The first-order valence-corrected chi connectivity index (χ1v) is 6.55. The third-order valence-corrected chi connectivity index (χ3v) is 3.39. The van der Waals surface area contributed by atoms with Gasteiger partial charge in [0.2, 0.25) is 0 Å². The van der Waals surface area contributed by atoms with Gasteiger partial charge in [0.25, 0.3) is 5.91 Å². The predicted octanol–water partition coefficient (Wildman–Crippen LogP) is 2.65. The quantitative estimate of drug-likeness (QED) is 0.930. The first-order chi connectivity index (χ1) is 9.74. The van der Waals surface area contributed by atoms with Crippen LogP contribution in [0.25, 0.3) is 0 Å². The molecule has 0 radical (unpaired) electrons. The molecule has 1 amide bonds. The van der Waals surface area contributed by atoms with E-state index in [1.165, 1.54) is 5.56 Å². The average molecular weight is 268 g/mol. The molecule has 1 aliphatic rings. The number of likely N-dealkylation sites (N-methyl/N-ethyl adjacent to an activating group) is 1. The summed E-state index contributed by atoms with van der Waals surface area (Å²) in [6.45, 7) is 0.861. The van der Waals surface area contributed by atoms with Gasteiger partial charge in [-0.3, -0.25) is 4.79 Å². The van der Waals surface area contributed by atoms with Crippen LogP contribution >= 0.6 is 0 Å². The molecule has 20 heavy (non-hydrogen) atoms. The van der Waals surface area contributed by atoms with E-state index in [0.29, 0.717) is 0 Å². The first-order valence-electron chi connectivity index (χ1n) is 6.55. The highest BCUT2D eigenvalue weighted by Crippen LogP contribution is 2.33. The van der Waals surface area contributed by atoms with Crippen molar-refractivity contribution in [3.05, 3.63) is 54.1 Å². The van der Waals surface area contributed by atoms with Crippen molar-refractivity contribution in [2.75, 3.05) is 23.9 Å².